The number of ether oxygens (including phenoxy) is 1. The molecule has 0 saturated heterocycles. The molecule has 0 aliphatic rings. The summed E-state index contributed by atoms with van der Waals surface area (Å²) in [7, 11) is 2.73. The van der Waals surface area contributed by atoms with E-state index in [1.807, 2.05) is 0 Å². The Morgan fingerprint density at radius 2 is 1.95 bits per heavy atom. The molecular formula is C9H12Cl3N3O3S. The van der Waals surface area contributed by atoms with Gasteiger partial charge in [0.15, 0.2) is 5.71 Å². The minimum atomic E-state index is -1.71. The number of hydrogen-bond donors (Lipinski definition) is 0. The van der Waals surface area contributed by atoms with Crippen molar-refractivity contribution < 1.29 is 14.4 Å². The lowest BCUT2D eigenvalue weighted by atomic mass is 10.0. The minimum absolute atomic E-state index is 0.101. The molecule has 108 valence electrons. The first-order valence-corrected chi connectivity index (χ1v) is 6.68. The summed E-state index contributed by atoms with van der Waals surface area (Å²) in [6.45, 7) is 3.20. The highest BCUT2D eigenvalue weighted by atomic mass is 35.6. The Morgan fingerprint density at radius 1 is 1.42 bits per heavy atom. The van der Waals surface area contributed by atoms with Crippen LogP contribution in [0.4, 0.5) is 4.79 Å². The quantitative estimate of drug-likeness (QED) is 0.256. The van der Waals surface area contributed by atoms with Gasteiger partial charge in [0.1, 0.15) is 11.7 Å². The molecule has 0 radical (unpaired) electrons. The van der Waals surface area contributed by atoms with Gasteiger partial charge in [-0.05, 0) is 13.8 Å². The van der Waals surface area contributed by atoms with Crippen LogP contribution in [0.5, 0.6) is 0 Å². The average molecular weight is 349 g/mol. The molecule has 0 bridgehead atoms. The lowest BCUT2D eigenvalue weighted by Gasteiger charge is -2.20. The van der Waals surface area contributed by atoms with Crippen molar-refractivity contribution in [2.75, 3.05) is 14.2 Å². The molecule has 0 unspecified atom stereocenters. The second kappa shape index (κ2) is 7.41. The largest absolute Gasteiger partial charge is 0.445 e. The van der Waals surface area contributed by atoms with Gasteiger partial charge in [-0.15, -0.1) is 0 Å². The van der Waals surface area contributed by atoms with E-state index in [1.54, 1.807) is 19.9 Å². The highest BCUT2D eigenvalue weighted by Gasteiger charge is 2.29. The fourth-order valence-corrected chi connectivity index (χ4v) is 2.05. The predicted octanol–water partition coefficient (Wildman–Crippen LogP) is 3.34. The lowest BCUT2D eigenvalue weighted by molar-refractivity contribution is 0.0782. The zero-order chi connectivity index (χ0) is 15.3. The maximum Gasteiger partial charge on any atom is 0.445 e. The number of alkyl halides is 3. The Morgan fingerprint density at radius 3 is 2.32 bits per heavy atom. The van der Waals surface area contributed by atoms with E-state index < -0.39 is 14.8 Å². The zero-order valence-electron chi connectivity index (χ0n) is 10.6. The van der Waals surface area contributed by atoms with Crippen molar-refractivity contribution in [1.82, 2.24) is 4.31 Å². The second-order valence-corrected chi connectivity index (χ2v) is 7.95. The number of hydrogen-bond acceptors (Lipinski definition) is 6. The number of amides is 1. The van der Waals surface area contributed by atoms with E-state index in [-0.39, 0.29) is 5.71 Å². The highest BCUT2D eigenvalue weighted by Crippen LogP contribution is 2.40. The Balaban J connectivity index is 4.70. The molecule has 10 heteroatoms. The minimum Gasteiger partial charge on any atom is -0.372 e. The molecule has 0 aromatic rings. The van der Waals surface area contributed by atoms with Gasteiger partial charge in [-0.2, -0.15) is 5.26 Å². The first-order chi connectivity index (χ1) is 8.53. The van der Waals surface area contributed by atoms with E-state index in [4.69, 9.17) is 44.8 Å². The first-order valence-electron chi connectivity index (χ1n) is 4.77. The molecule has 0 saturated carbocycles. The van der Waals surface area contributed by atoms with Crippen LogP contribution < -0.4 is 0 Å². The molecule has 0 aliphatic carbocycles. The van der Waals surface area contributed by atoms with Crippen LogP contribution in [0.2, 0.25) is 0 Å². The summed E-state index contributed by atoms with van der Waals surface area (Å²) in [6, 6.07) is 1.78. The fourth-order valence-electron chi connectivity index (χ4n) is 0.696. The van der Waals surface area contributed by atoms with Gasteiger partial charge in [0.05, 0.1) is 0 Å². The van der Waals surface area contributed by atoms with Crippen molar-refractivity contribution in [3.63, 3.8) is 0 Å². The summed E-state index contributed by atoms with van der Waals surface area (Å²) in [5.74, 6) is 0. The average Bonchev–Trinajstić information content (AvgIpc) is 2.26. The summed E-state index contributed by atoms with van der Waals surface area (Å²) in [5.41, 5.74) is -1.08. The first kappa shape index (κ1) is 18.6. The molecule has 0 aromatic heterocycles. The Labute approximate surface area is 130 Å². The number of carbonyl (C=O) groups is 1. The highest BCUT2D eigenvalue weighted by molar-refractivity contribution is 8.03. The van der Waals surface area contributed by atoms with Crippen molar-refractivity contribution in [1.29, 1.82) is 5.26 Å². The van der Waals surface area contributed by atoms with Crippen molar-refractivity contribution in [2.24, 2.45) is 5.16 Å². The maximum atomic E-state index is 11.5. The number of rotatable bonds is 4. The third-order valence-electron chi connectivity index (χ3n) is 1.90. The molecule has 0 atom stereocenters. The van der Waals surface area contributed by atoms with Crippen LogP contribution in [0.3, 0.4) is 0 Å². The third kappa shape index (κ3) is 7.09. The molecule has 0 N–H and O–H groups in total. The van der Waals surface area contributed by atoms with E-state index >= 15 is 0 Å². The van der Waals surface area contributed by atoms with E-state index in [1.165, 1.54) is 14.2 Å². The molecular weight excluding hydrogens is 337 g/mol. The van der Waals surface area contributed by atoms with Gasteiger partial charge in [-0.3, -0.25) is 4.84 Å². The van der Waals surface area contributed by atoms with Crippen LogP contribution >= 0.6 is 46.8 Å². The van der Waals surface area contributed by atoms with Gasteiger partial charge in [-0.1, -0.05) is 40.0 Å². The Hall–Kier alpha value is -0.390. The normalized spacial score (nSPS) is 12.8. The molecule has 6 nitrogen and oxygen atoms in total. The molecule has 0 rings (SSSR count). The SMILES string of the molecule is COC(C)(C)C(C#N)=NOC(=O)N(C)SC(Cl)(Cl)Cl. The van der Waals surface area contributed by atoms with E-state index in [9.17, 15) is 4.79 Å². The van der Waals surface area contributed by atoms with Gasteiger partial charge >= 0.3 is 6.09 Å². The van der Waals surface area contributed by atoms with Crippen LogP contribution in [0.25, 0.3) is 0 Å². The molecule has 0 aliphatic heterocycles. The fraction of sp³-hybridized carbons (Fsp3) is 0.667. The van der Waals surface area contributed by atoms with Crippen LogP contribution in [-0.2, 0) is 9.57 Å². The number of halogens is 3. The van der Waals surface area contributed by atoms with Crippen LogP contribution in [0.1, 0.15) is 13.8 Å². The molecule has 0 heterocycles. The monoisotopic (exact) mass is 347 g/mol. The number of methoxy groups -OCH3 is 1. The predicted molar refractivity (Wildman–Crippen MR) is 76.3 cm³/mol. The second-order valence-electron chi connectivity index (χ2n) is 3.66. The third-order valence-corrected chi connectivity index (χ3v) is 3.15. The smallest absolute Gasteiger partial charge is 0.372 e. The summed E-state index contributed by atoms with van der Waals surface area (Å²) in [5, 5.41) is 12.3. The molecule has 0 fully saturated rings. The number of oxime groups is 1. The Kier molecular flexibility index (Phi) is 7.26. The number of carbonyl (C=O) groups excluding carboxylic acids is 1. The lowest BCUT2D eigenvalue weighted by Crippen LogP contribution is -2.33. The van der Waals surface area contributed by atoms with Gasteiger partial charge in [0, 0.05) is 26.1 Å². The molecule has 19 heavy (non-hydrogen) atoms. The van der Waals surface area contributed by atoms with Gasteiger partial charge in [-0.25, -0.2) is 9.10 Å². The summed E-state index contributed by atoms with van der Waals surface area (Å²) in [6.07, 6.45) is -0.893. The van der Waals surface area contributed by atoms with Gasteiger partial charge < -0.3 is 4.74 Å². The van der Waals surface area contributed by atoms with Crippen LogP contribution in [-0.4, -0.2) is 39.0 Å². The maximum absolute atomic E-state index is 11.5. The molecule has 0 spiro atoms. The zero-order valence-corrected chi connectivity index (χ0v) is 13.7. The van der Waals surface area contributed by atoms with Gasteiger partial charge in [0.2, 0.25) is 0 Å². The summed E-state index contributed by atoms with van der Waals surface area (Å²) in [4.78, 5) is 16.1. The van der Waals surface area contributed by atoms with Gasteiger partial charge in [0.25, 0.3) is 3.12 Å². The summed E-state index contributed by atoms with van der Waals surface area (Å²) >= 11 is 17.1. The number of nitriles is 1. The van der Waals surface area contributed by atoms with E-state index in [0.717, 1.165) is 4.31 Å². The topological polar surface area (TPSA) is 74.9 Å². The van der Waals surface area contributed by atoms with Crippen molar-refractivity contribution >= 4 is 58.6 Å². The van der Waals surface area contributed by atoms with Crippen molar-refractivity contribution in [3.05, 3.63) is 0 Å². The molecule has 0 aromatic carbocycles. The van der Waals surface area contributed by atoms with E-state index in [2.05, 4.69) is 9.99 Å². The van der Waals surface area contributed by atoms with Crippen LogP contribution in [0, 0.1) is 11.3 Å². The van der Waals surface area contributed by atoms with Crippen LogP contribution in [0.15, 0.2) is 5.16 Å². The van der Waals surface area contributed by atoms with Crippen molar-refractivity contribution in [3.8, 4) is 6.07 Å². The Bertz CT molecular complexity index is 404. The van der Waals surface area contributed by atoms with E-state index in [0.29, 0.717) is 11.9 Å². The summed E-state index contributed by atoms with van der Waals surface area (Å²) < 4.78 is 4.27. The van der Waals surface area contributed by atoms with Crippen molar-refractivity contribution in [2.45, 2.75) is 22.6 Å². The standard InChI is InChI=1S/C9H12Cl3N3O3S/c1-8(2,17-4)6(5-13)14-18-7(16)15(3)19-9(10,11)12/h1-4H3. The molecule has 1 amide bonds. The number of nitrogens with zero attached hydrogens (tertiary/aromatic N) is 3.